The van der Waals surface area contributed by atoms with Gasteiger partial charge in [-0.25, -0.2) is 19.9 Å². The van der Waals surface area contributed by atoms with E-state index in [1.165, 1.54) is 23.4 Å². The van der Waals surface area contributed by atoms with Crippen LogP contribution in [0.3, 0.4) is 0 Å². The molecule has 0 unspecified atom stereocenters. The van der Waals surface area contributed by atoms with Gasteiger partial charge in [-0.3, -0.25) is 0 Å². The summed E-state index contributed by atoms with van der Waals surface area (Å²) in [6.07, 6.45) is 4.94. The first kappa shape index (κ1) is 17.2. The van der Waals surface area contributed by atoms with E-state index in [2.05, 4.69) is 36.9 Å². The normalized spacial score (nSPS) is 16.5. The Hall–Kier alpha value is -2.96. The van der Waals surface area contributed by atoms with Crippen LogP contribution in [0.25, 0.3) is 10.9 Å². The van der Waals surface area contributed by atoms with E-state index in [9.17, 15) is 0 Å². The number of benzene rings is 1. The summed E-state index contributed by atoms with van der Waals surface area (Å²) in [5.41, 5.74) is 4.71. The van der Waals surface area contributed by atoms with Crippen LogP contribution < -0.4 is 14.5 Å². The fraction of sp³-hybridized carbons (Fsp3) is 0.429. The number of rotatable bonds is 3. The van der Waals surface area contributed by atoms with E-state index in [0.717, 1.165) is 61.6 Å². The molecule has 0 amide bonds. The van der Waals surface area contributed by atoms with E-state index in [1.54, 1.807) is 13.4 Å². The van der Waals surface area contributed by atoms with Gasteiger partial charge in [0.15, 0.2) is 0 Å². The molecule has 3 aromatic rings. The fourth-order valence-electron chi connectivity index (χ4n) is 4.35. The molecule has 1 saturated heterocycles. The minimum Gasteiger partial charge on any atom is -0.480 e. The largest absolute Gasteiger partial charge is 0.480 e. The predicted molar refractivity (Wildman–Crippen MR) is 109 cm³/mol. The minimum atomic E-state index is 0.623. The Morgan fingerprint density at radius 3 is 2.61 bits per heavy atom. The van der Waals surface area contributed by atoms with Crippen molar-refractivity contribution in [2.45, 2.75) is 26.2 Å². The molecule has 1 fully saturated rings. The summed E-state index contributed by atoms with van der Waals surface area (Å²) >= 11 is 0. The Bertz CT molecular complexity index is 1030. The third-order valence-electron chi connectivity index (χ3n) is 5.74. The van der Waals surface area contributed by atoms with Gasteiger partial charge in [0.05, 0.1) is 18.0 Å². The second kappa shape index (κ2) is 6.89. The first-order valence-electron chi connectivity index (χ1n) is 9.88. The van der Waals surface area contributed by atoms with Gasteiger partial charge in [-0.15, -0.1) is 0 Å². The molecule has 0 atom stereocenters. The number of aromatic nitrogens is 4. The van der Waals surface area contributed by atoms with Crippen LogP contribution in [0.15, 0.2) is 24.5 Å². The van der Waals surface area contributed by atoms with Crippen LogP contribution in [0, 0.1) is 6.92 Å². The number of aryl methyl sites for hydroxylation is 2. The van der Waals surface area contributed by atoms with E-state index in [-0.39, 0.29) is 0 Å². The van der Waals surface area contributed by atoms with Gasteiger partial charge in [0.1, 0.15) is 18.0 Å². The van der Waals surface area contributed by atoms with Crippen LogP contribution >= 0.6 is 0 Å². The van der Waals surface area contributed by atoms with Crippen molar-refractivity contribution in [1.29, 1.82) is 0 Å². The lowest BCUT2D eigenvalue weighted by Crippen LogP contribution is -2.47. The van der Waals surface area contributed by atoms with Crippen molar-refractivity contribution >= 4 is 22.4 Å². The number of nitrogens with zero attached hydrogens (tertiary/aromatic N) is 6. The molecule has 0 bridgehead atoms. The van der Waals surface area contributed by atoms with E-state index in [4.69, 9.17) is 9.72 Å². The molecule has 3 heterocycles. The third-order valence-corrected chi connectivity index (χ3v) is 5.74. The molecule has 2 aromatic heterocycles. The smallest absolute Gasteiger partial charge is 0.224 e. The molecule has 0 spiro atoms. The number of fused-ring (bicyclic) bond motifs is 2. The Balaban J connectivity index is 1.37. The Morgan fingerprint density at radius 1 is 0.964 bits per heavy atom. The van der Waals surface area contributed by atoms with Crippen molar-refractivity contribution in [3.05, 3.63) is 41.6 Å². The quantitative estimate of drug-likeness (QED) is 0.696. The molecule has 1 aliphatic heterocycles. The van der Waals surface area contributed by atoms with E-state index >= 15 is 0 Å². The van der Waals surface area contributed by atoms with E-state index in [0.29, 0.717) is 5.88 Å². The van der Waals surface area contributed by atoms with Gasteiger partial charge in [0, 0.05) is 43.1 Å². The zero-order valence-corrected chi connectivity index (χ0v) is 16.4. The number of ether oxygens (including phenoxy) is 1. The standard InChI is InChI=1S/C21H24N6O/c1-14-24-19-5-3-4-16(19)20(25-14)27-10-8-26(9-11-27)15-6-7-18-17(12-15)21(28-2)23-13-22-18/h6-7,12-13H,3-5,8-11H2,1-2H3. The van der Waals surface area contributed by atoms with Crippen molar-refractivity contribution < 1.29 is 4.74 Å². The molecule has 0 saturated carbocycles. The van der Waals surface area contributed by atoms with Crippen LogP contribution in [0.2, 0.25) is 0 Å². The van der Waals surface area contributed by atoms with Gasteiger partial charge in [0.25, 0.3) is 0 Å². The molecule has 7 nitrogen and oxygen atoms in total. The van der Waals surface area contributed by atoms with Crippen molar-refractivity contribution in [1.82, 2.24) is 19.9 Å². The van der Waals surface area contributed by atoms with Crippen molar-refractivity contribution in [2.75, 3.05) is 43.1 Å². The molecule has 1 aliphatic carbocycles. The minimum absolute atomic E-state index is 0.623. The summed E-state index contributed by atoms with van der Waals surface area (Å²) in [5.74, 6) is 2.67. The predicted octanol–water partition coefficient (Wildman–Crippen LogP) is 2.55. The number of hydrogen-bond donors (Lipinski definition) is 0. The molecule has 144 valence electrons. The Kier molecular flexibility index (Phi) is 4.22. The monoisotopic (exact) mass is 376 g/mol. The molecule has 28 heavy (non-hydrogen) atoms. The third kappa shape index (κ3) is 2.91. The summed E-state index contributed by atoms with van der Waals surface area (Å²) in [6.45, 7) is 5.84. The second-order valence-electron chi connectivity index (χ2n) is 7.43. The summed E-state index contributed by atoms with van der Waals surface area (Å²) in [7, 11) is 1.65. The van der Waals surface area contributed by atoms with Crippen molar-refractivity contribution in [2.24, 2.45) is 0 Å². The number of piperazine rings is 1. The Labute approximate surface area is 164 Å². The molecule has 1 aromatic carbocycles. The molecule has 7 heteroatoms. The Morgan fingerprint density at radius 2 is 1.79 bits per heavy atom. The SMILES string of the molecule is COc1ncnc2ccc(N3CCN(c4nc(C)nc5c4CCC5)CC3)cc12. The highest BCUT2D eigenvalue weighted by Crippen LogP contribution is 2.31. The van der Waals surface area contributed by atoms with Gasteiger partial charge in [-0.1, -0.05) is 0 Å². The number of hydrogen-bond acceptors (Lipinski definition) is 7. The van der Waals surface area contributed by atoms with Crippen LogP contribution in [-0.4, -0.2) is 53.2 Å². The number of anilines is 2. The van der Waals surface area contributed by atoms with Crippen LogP contribution in [-0.2, 0) is 12.8 Å². The summed E-state index contributed by atoms with van der Waals surface area (Å²) < 4.78 is 5.41. The van der Waals surface area contributed by atoms with Crippen LogP contribution in [0.5, 0.6) is 5.88 Å². The fourth-order valence-corrected chi connectivity index (χ4v) is 4.35. The van der Waals surface area contributed by atoms with Gasteiger partial charge in [-0.05, 0) is 44.4 Å². The molecule has 5 rings (SSSR count). The lowest BCUT2D eigenvalue weighted by atomic mass is 10.1. The summed E-state index contributed by atoms with van der Waals surface area (Å²) in [5, 5.41) is 0.953. The van der Waals surface area contributed by atoms with Crippen LogP contribution in [0.4, 0.5) is 11.5 Å². The number of methoxy groups -OCH3 is 1. The van der Waals surface area contributed by atoms with Crippen molar-refractivity contribution in [3.8, 4) is 5.88 Å². The van der Waals surface area contributed by atoms with E-state index < -0.39 is 0 Å². The molecule has 0 radical (unpaired) electrons. The average Bonchev–Trinajstić information content (AvgIpc) is 3.21. The lowest BCUT2D eigenvalue weighted by Gasteiger charge is -2.37. The van der Waals surface area contributed by atoms with Crippen molar-refractivity contribution in [3.63, 3.8) is 0 Å². The zero-order valence-electron chi connectivity index (χ0n) is 16.4. The first-order valence-corrected chi connectivity index (χ1v) is 9.88. The van der Waals surface area contributed by atoms with Crippen LogP contribution in [0.1, 0.15) is 23.5 Å². The molecule has 0 N–H and O–H groups in total. The first-order chi connectivity index (χ1) is 13.7. The van der Waals surface area contributed by atoms with E-state index in [1.807, 2.05) is 13.0 Å². The molecule has 2 aliphatic rings. The van der Waals surface area contributed by atoms with Gasteiger partial charge >= 0.3 is 0 Å². The zero-order chi connectivity index (χ0) is 19.1. The highest BCUT2D eigenvalue weighted by molar-refractivity contribution is 5.86. The van der Waals surface area contributed by atoms with Gasteiger partial charge < -0.3 is 14.5 Å². The summed E-state index contributed by atoms with van der Waals surface area (Å²) in [4.78, 5) is 22.8. The molecular weight excluding hydrogens is 352 g/mol. The van der Waals surface area contributed by atoms with Gasteiger partial charge in [-0.2, -0.15) is 0 Å². The van der Waals surface area contributed by atoms with Gasteiger partial charge in [0.2, 0.25) is 5.88 Å². The summed E-state index contributed by atoms with van der Waals surface area (Å²) in [6, 6.07) is 6.31. The maximum atomic E-state index is 5.41. The second-order valence-corrected chi connectivity index (χ2v) is 7.43. The highest BCUT2D eigenvalue weighted by Gasteiger charge is 2.25. The highest BCUT2D eigenvalue weighted by atomic mass is 16.5. The molecular formula is C21H24N6O. The average molecular weight is 376 g/mol. The lowest BCUT2D eigenvalue weighted by molar-refractivity contribution is 0.402. The topological polar surface area (TPSA) is 67.3 Å². The maximum absolute atomic E-state index is 5.41. The maximum Gasteiger partial charge on any atom is 0.224 e.